The molecule has 0 aliphatic rings. The van der Waals surface area contributed by atoms with E-state index in [9.17, 15) is 4.79 Å². The number of carboxylic acid groups (broad SMARTS) is 1. The summed E-state index contributed by atoms with van der Waals surface area (Å²) in [5.41, 5.74) is 1.36. The molecule has 28 heavy (non-hydrogen) atoms. The predicted octanol–water partition coefficient (Wildman–Crippen LogP) is 6.92. The van der Waals surface area contributed by atoms with Crippen molar-refractivity contribution >= 4 is 49.1 Å². The van der Waals surface area contributed by atoms with Crippen LogP contribution in [-0.2, 0) is 11.2 Å². The van der Waals surface area contributed by atoms with Crippen molar-refractivity contribution in [2.45, 2.75) is 32.1 Å². The number of aliphatic carboxylic acids is 1. The van der Waals surface area contributed by atoms with Crippen LogP contribution in [0.1, 0.15) is 31.2 Å². The van der Waals surface area contributed by atoms with Crippen molar-refractivity contribution in [2.75, 3.05) is 0 Å². The summed E-state index contributed by atoms with van der Waals surface area (Å²) in [6.45, 7) is 0. The van der Waals surface area contributed by atoms with Crippen LogP contribution in [0.4, 0.5) is 0 Å². The summed E-state index contributed by atoms with van der Waals surface area (Å²) in [4.78, 5) is 10.7. The first-order valence-corrected chi connectivity index (χ1v) is 10.0. The largest absolute Gasteiger partial charge is 0.481 e. The predicted molar refractivity (Wildman–Crippen MR) is 117 cm³/mol. The van der Waals surface area contributed by atoms with Crippen molar-refractivity contribution in [3.8, 4) is 0 Å². The minimum absolute atomic E-state index is 0.268. The number of rotatable bonds is 6. The van der Waals surface area contributed by atoms with Crippen LogP contribution in [0.3, 0.4) is 0 Å². The average molecular weight is 366 g/mol. The molecule has 5 aromatic rings. The normalized spacial score (nSPS) is 11.9. The molecule has 0 spiro atoms. The molecule has 0 atom stereocenters. The monoisotopic (exact) mass is 366 g/mol. The Balaban J connectivity index is 1.66. The van der Waals surface area contributed by atoms with Crippen LogP contribution in [0, 0.1) is 0 Å². The Bertz CT molecular complexity index is 1270. The van der Waals surface area contributed by atoms with E-state index in [0.29, 0.717) is 0 Å². The van der Waals surface area contributed by atoms with Crippen LogP contribution in [0.25, 0.3) is 43.1 Å². The van der Waals surface area contributed by atoms with Crippen LogP contribution in [0.2, 0.25) is 0 Å². The van der Waals surface area contributed by atoms with Gasteiger partial charge in [0.1, 0.15) is 0 Å². The van der Waals surface area contributed by atoms with E-state index >= 15 is 0 Å². The zero-order valence-corrected chi connectivity index (χ0v) is 15.7. The van der Waals surface area contributed by atoms with Crippen molar-refractivity contribution < 1.29 is 9.90 Å². The number of hydrogen-bond donors (Lipinski definition) is 1. The third-order valence-electron chi connectivity index (χ3n) is 5.95. The fraction of sp³-hybridized carbons (Fsp3) is 0.192. The van der Waals surface area contributed by atoms with Crippen molar-refractivity contribution in [3.05, 3.63) is 72.3 Å². The van der Waals surface area contributed by atoms with E-state index < -0.39 is 5.97 Å². The smallest absolute Gasteiger partial charge is 0.303 e. The van der Waals surface area contributed by atoms with Gasteiger partial charge in [-0.3, -0.25) is 4.79 Å². The van der Waals surface area contributed by atoms with E-state index in [1.165, 1.54) is 48.7 Å². The molecule has 0 fully saturated rings. The number of carbonyl (C=O) groups is 1. The second kappa shape index (κ2) is 6.79. The molecule has 0 heterocycles. The van der Waals surface area contributed by atoms with Gasteiger partial charge in [0.2, 0.25) is 0 Å². The summed E-state index contributed by atoms with van der Waals surface area (Å²) in [7, 11) is 0. The quantitative estimate of drug-likeness (QED) is 0.201. The van der Waals surface area contributed by atoms with Crippen molar-refractivity contribution in [3.63, 3.8) is 0 Å². The molecule has 0 aliphatic heterocycles. The summed E-state index contributed by atoms with van der Waals surface area (Å²) in [6, 6.07) is 24.4. The van der Waals surface area contributed by atoms with Gasteiger partial charge in [-0.1, -0.05) is 73.2 Å². The molecule has 0 saturated heterocycles. The van der Waals surface area contributed by atoms with Gasteiger partial charge in [-0.05, 0) is 67.9 Å². The Morgan fingerprint density at radius 2 is 1.25 bits per heavy atom. The van der Waals surface area contributed by atoms with E-state index in [2.05, 4.69) is 66.7 Å². The summed E-state index contributed by atoms with van der Waals surface area (Å²) in [5, 5.41) is 19.4. The Hall–Kier alpha value is -3.13. The number of benzene rings is 5. The van der Waals surface area contributed by atoms with Crippen molar-refractivity contribution in [2.24, 2.45) is 0 Å². The molecule has 0 unspecified atom stereocenters. The number of unbranched alkanes of at least 4 members (excludes halogenated alkanes) is 2. The molecular formula is C26H22O2. The highest BCUT2D eigenvalue weighted by molar-refractivity contribution is 6.33. The van der Waals surface area contributed by atoms with Crippen molar-refractivity contribution in [1.29, 1.82) is 0 Å². The van der Waals surface area contributed by atoms with Gasteiger partial charge in [0.05, 0.1) is 0 Å². The van der Waals surface area contributed by atoms with E-state index in [-0.39, 0.29) is 6.42 Å². The van der Waals surface area contributed by atoms with Gasteiger partial charge in [-0.2, -0.15) is 0 Å². The number of aryl methyl sites for hydroxylation is 1. The fourth-order valence-corrected chi connectivity index (χ4v) is 4.69. The van der Waals surface area contributed by atoms with Crippen LogP contribution < -0.4 is 0 Å². The molecule has 5 rings (SSSR count). The maximum absolute atomic E-state index is 10.7. The topological polar surface area (TPSA) is 37.3 Å². The zero-order chi connectivity index (χ0) is 19.1. The first-order chi connectivity index (χ1) is 13.7. The molecule has 2 heteroatoms. The Morgan fingerprint density at radius 1 is 0.643 bits per heavy atom. The Morgan fingerprint density at radius 3 is 1.96 bits per heavy atom. The molecule has 0 aromatic heterocycles. The molecule has 0 amide bonds. The van der Waals surface area contributed by atoms with Gasteiger partial charge in [0.15, 0.2) is 0 Å². The second-order valence-electron chi connectivity index (χ2n) is 7.66. The minimum atomic E-state index is -0.700. The van der Waals surface area contributed by atoms with Crippen LogP contribution in [-0.4, -0.2) is 11.1 Å². The highest BCUT2D eigenvalue weighted by atomic mass is 16.4. The third-order valence-corrected chi connectivity index (χ3v) is 5.95. The fourth-order valence-electron chi connectivity index (χ4n) is 4.69. The molecule has 0 saturated carbocycles. The van der Waals surface area contributed by atoms with Gasteiger partial charge in [-0.25, -0.2) is 0 Å². The summed E-state index contributed by atoms with van der Waals surface area (Å²) >= 11 is 0. The molecule has 0 bridgehead atoms. The van der Waals surface area contributed by atoms with Gasteiger partial charge in [0.25, 0.3) is 0 Å². The third kappa shape index (κ3) is 2.68. The second-order valence-corrected chi connectivity index (χ2v) is 7.66. The maximum Gasteiger partial charge on any atom is 0.303 e. The first kappa shape index (κ1) is 17.0. The molecule has 0 aliphatic carbocycles. The molecule has 138 valence electrons. The number of hydrogen-bond acceptors (Lipinski definition) is 1. The van der Waals surface area contributed by atoms with Gasteiger partial charge in [0, 0.05) is 6.42 Å². The number of carboxylic acids is 1. The van der Waals surface area contributed by atoms with E-state index in [0.717, 1.165) is 25.7 Å². The molecule has 5 aromatic carbocycles. The highest BCUT2D eigenvalue weighted by Gasteiger charge is 2.14. The molecule has 2 nitrogen and oxygen atoms in total. The van der Waals surface area contributed by atoms with Gasteiger partial charge >= 0.3 is 5.97 Å². The van der Waals surface area contributed by atoms with Gasteiger partial charge in [-0.15, -0.1) is 0 Å². The van der Waals surface area contributed by atoms with E-state index in [4.69, 9.17) is 5.11 Å². The van der Waals surface area contributed by atoms with Crippen molar-refractivity contribution in [1.82, 2.24) is 0 Å². The molecule has 1 N–H and O–H groups in total. The molecule has 0 radical (unpaired) electrons. The lowest BCUT2D eigenvalue weighted by molar-refractivity contribution is -0.137. The average Bonchev–Trinajstić information content (AvgIpc) is 2.72. The summed E-state index contributed by atoms with van der Waals surface area (Å²) in [5.74, 6) is -0.700. The lowest BCUT2D eigenvalue weighted by Gasteiger charge is -2.16. The lowest BCUT2D eigenvalue weighted by Crippen LogP contribution is -1.95. The van der Waals surface area contributed by atoms with Crippen LogP contribution >= 0.6 is 0 Å². The number of fused-ring (bicyclic) bond motifs is 2. The van der Waals surface area contributed by atoms with E-state index in [1.807, 2.05) is 0 Å². The van der Waals surface area contributed by atoms with Crippen LogP contribution in [0.15, 0.2) is 66.7 Å². The SMILES string of the molecule is O=C(O)CCCCCc1ccc2c3cccc4cccc(c5cccc1c52)c43. The Kier molecular flexibility index (Phi) is 4.12. The van der Waals surface area contributed by atoms with E-state index in [1.54, 1.807) is 0 Å². The lowest BCUT2D eigenvalue weighted by atomic mass is 9.87. The maximum atomic E-state index is 10.7. The molecular weight excluding hydrogens is 344 g/mol. The minimum Gasteiger partial charge on any atom is -0.481 e. The Labute approximate surface area is 163 Å². The summed E-state index contributed by atoms with van der Waals surface area (Å²) < 4.78 is 0. The standard InChI is InChI=1S/C26H22O2/c27-24(28)14-3-1-2-7-17-15-16-23-21-12-5-9-18-8-4-11-20(25(18)21)22-13-6-10-19(17)26(22)23/h4-6,8-13,15-16H,1-3,7,14H2,(H,27,28). The summed E-state index contributed by atoms with van der Waals surface area (Å²) in [6.07, 6.45) is 4.00. The highest BCUT2D eigenvalue weighted by Crippen LogP contribution is 2.41. The van der Waals surface area contributed by atoms with Crippen LogP contribution in [0.5, 0.6) is 0 Å². The van der Waals surface area contributed by atoms with Gasteiger partial charge < -0.3 is 5.11 Å². The zero-order valence-electron chi connectivity index (χ0n) is 15.7. The first-order valence-electron chi connectivity index (χ1n) is 10.0.